The third kappa shape index (κ3) is 4.20. The maximum atomic E-state index is 12.3. The first-order valence-corrected chi connectivity index (χ1v) is 8.00. The zero-order chi connectivity index (χ0) is 16.9. The Bertz CT molecular complexity index is 783. The molecular weight excluding hydrogens is 326 g/mol. The minimum absolute atomic E-state index is 0.0417. The summed E-state index contributed by atoms with van der Waals surface area (Å²) in [5.74, 6) is -0.351. The molecule has 2 N–H and O–H groups in total. The van der Waals surface area contributed by atoms with Gasteiger partial charge >= 0.3 is 0 Å². The Morgan fingerprint density at radius 2 is 1.79 bits per heavy atom. The number of benzene rings is 2. The molecule has 5 nitrogen and oxygen atoms in total. The molecule has 1 aliphatic rings. The lowest BCUT2D eigenvalue weighted by molar-refractivity contribution is -0.117. The molecule has 0 aliphatic heterocycles. The van der Waals surface area contributed by atoms with Crippen LogP contribution < -0.4 is 10.7 Å². The molecule has 1 aliphatic carbocycles. The van der Waals surface area contributed by atoms with Crippen LogP contribution in [0.3, 0.4) is 0 Å². The molecule has 0 heterocycles. The number of hydrogen-bond acceptors (Lipinski definition) is 3. The van der Waals surface area contributed by atoms with Gasteiger partial charge in [0, 0.05) is 10.9 Å². The quantitative estimate of drug-likeness (QED) is 0.646. The van der Waals surface area contributed by atoms with Gasteiger partial charge in [-0.1, -0.05) is 35.9 Å². The lowest BCUT2D eigenvalue weighted by atomic mass is 10.1. The molecule has 24 heavy (non-hydrogen) atoms. The number of nitrogens with zero attached hydrogens (tertiary/aromatic N) is 1. The van der Waals surface area contributed by atoms with E-state index in [0.29, 0.717) is 16.3 Å². The van der Waals surface area contributed by atoms with E-state index in [0.717, 1.165) is 18.4 Å². The van der Waals surface area contributed by atoms with Gasteiger partial charge in [0.25, 0.3) is 5.91 Å². The number of nitrogens with one attached hydrogen (secondary N) is 2. The fraction of sp³-hybridized carbons (Fsp3) is 0.167. The van der Waals surface area contributed by atoms with E-state index in [-0.39, 0.29) is 17.7 Å². The van der Waals surface area contributed by atoms with Crippen LogP contribution >= 0.6 is 11.6 Å². The summed E-state index contributed by atoms with van der Waals surface area (Å²) in [6, 6.07) is 13.9. The van der Waals surface area contributed by atoms with Crippen molar-refractivity contribution >= 4 is 35.3 Å². The molecule has 2 aromatic carbocycles. The maximum Gasteiger partial charge on any atom is 0.273 e. The Labute approximate surface area is 144 Å². The van der Waals surface area contributed by atoms with E-state index in [1.54, 1.807) is 48.5 Å². The molecule has 0 radical (unpaired) electrons. The SMILES string of the molecule is O=C(NN=Cc1ccc(Cl)cc1)c1ccccc1NC(=O)C1CC1. The summed E-state index contributed by atoms with van der Waals surface area (Å²) in [5.41, 5.74) is 4.15. The fourth-order valence-electron chi connectivity index (χ4n) is 2.14. The molecule has 1 fully saturated rings. The van der Waals surface area contributed by atoms with Crippen molar-refractivity contribution in [2.75, 3.05) is 5.32 Å². The molecule has 0 saturated heterocycles. The van der Waals surface area contributed by atoms with Crippen LogP contribution in [-0.2, 0) is 4.79 Å². The Morgan fingerprint density at radius 3 is 2.50 bits per heavy atom. The fourth-order valence-corrected chi connectivity index (χ4v) is 2.27. The Kier molecular flexibility index (Phi) is 4.91. The van der Waals surface area contributed by atoms with Gasteiger partial charge in [0.1, 0.15) is 0 Å². The first kappa shape index (κ1) is 16.2. The average molecular weight is 342 g/mol. The second kappa shape index (κ2) is 7.27. The number of anilines is 1. The van der Waals surface area contributed by atoms with Gasteiger partial charge in [-0.25, -0.2) is 5.43 Å². The highest BCUT2D eigenvalue weighted by molar-refractivity contribution is 6.30. The molecule has 6 heteroatoms. The van der Waals surface area contributed by atoms with Crippen molar-refractivity contribution in [2.45, 2.75) is 12.8 Å². The van der Waals surface area contributed by atoms with Gasteiger partial charge in [-0.2, -0.15) is 5.10 Å². The molecule has 2 amide bonds. The minimum atomic E-state index is -0.382. The van der Waals surface area contributed by atoms with Gasteiger partial charge < -0.3 is 5.32 Å². The van der Waals surface area contributed by atoms with Gasteiger partial charge in [-0.05, 0) is 42.7 Å². The first-order valence-electron chi connectivity index (χ1n) is 7.62. The molecule has 0 aromatic heterocycles. The standard InChI is InChI=1S/C18H16ClN3O2/c19-14-9-5-12(6-10-14)11-20-22-18(24)15-3-1-2-4-16(15)21-17(23)13-7-8-13/h1-6,9-11,13H,7-8H2,(H,21,23)(H,22,24). The van der Waals surface area contributed by atoms with Gasteiger partial charge in [-0.3, -0.25) is 9.59 Å². The van der Waals surface area contributed by atoms with Crippen LogP contribution in [0.4, 0.5) is 5.69 Å². The topological polar surface area (TPSA) is 70.6 Å². The Hall–Kier alpha value is -2.66. The molecule has 0 unspecified atom stereocenters. The predicted octanol–water partition coefficient (Wildman–Crippen LogP) is 3.45. The van der Waals surface area contributed by atoms with Gasteiger partial charge in [0.05, 0.1) is 17.5 Å². The van der Waals surface area contributed by atoms with E-state index in [9.17, 15) is 9.59 Å². The lowest BCUT2D eigenvalue weighted by Crippen LogP contribution is -2.21. The monoisotopic (exact) mass is 341 g/mol. The summed E-state index contributed by atoms with van der Waals surface area (Å²) in [6.07, 6.45) is 3.34. The molecule has 0 atom stereocenters. The first-order chi connectivity index (χ1) is 11.6. The molecule has 0 spiro atoms. The molecule has 2 aromatic rings. The Balaban J connectivity index is 1.66. The van der Waals surface area contributed by atoms with E-state index in [2.05, 4.69) is 15.8 Å². The largest absolute Gasteiger partial charge is 0.325 e. The summed E-state index contributed by atoms with van der Waals surface area (Å²) in [6.45, 7) is 0. The van der Waals surface area contributed by atoms with E-state index in [1.165, 1.54) is 6.21 Å². The van der Waals surface area contributed by atoms with E-state index >= 15 is 0 Å². The zero-order valence-corrected chi connectivity index (χ0v) is 13.6. The third-order valence-electron chi connectivity index (χ3n) is 3.63. The van der Waals surface area contributed by atoms with Crippen LogP contribution in [0.2, 0.25) is 5.02 Å². The van der Waals surface area contributed by atoms with Gasteiger partial charge in [0.15, 0.2) is 0 Å². The summed E-state index contributed by atoms with van der Waals surface area (Å²) >= 11 is 5.81. The van der Waals surface area contributed by atoms with Crippen molar-refractivity contribution < 1.29 is 9.59 Å². The maximum absolute atomic E-state index is 12.3. The van der Waals surface area contributed by atoms with Gasteiger partial charge in [0.2, 0.25) is 5.91 Å². The third-order valence-corrected chi connectivity index (χ3v) is 3.88. The van der Waals surface area contributed by atoms with Crippen molar-refractivity contribution in [3.8, 4) is 0 Å². The van der Waals surface area contributed by atoms with Crippen LogP contribution in [0.15, 0.2) is 53.6 Å². The van der Waals surface area contributed by atoms with E-state index < -0.39 is 0 Å². The number of halogens is 1. The number of hydrogen-bond donors (Lipinski definition) is 2. The van der Waals surface area contributed by atoms with Crippen molar-refractivity contribution in [2.24, 2.45) is 11.0 Å². The predicted molar refractivity (Wildman–Crippen MR) is 94.3 cm³/mol. The highest BCUT2D eigenvalue weighted by Gasteiger charge is 2.30. The van der Waals surface area contributed by atoms with Crippen LogP contribution in [-0.4, -0.2) is 18.0 Å². The second-order valence-electron chi connectivity index (χ2n) is 5.56. The van der Waals surface area contributed by atoms with Crippen molar-refractivity contribution in [1.82, 2.24) is 5.43 Å². The molecule has 0 bridgehead atoms. The normalized spacial score (nSPS) is 13.7. The summed E-state index contributed by atoms with van der Waals surface area (Å²) < 4.78 is 0. The smallest absolute Gasteiger partial charge is 0.273 e. The van der Waals surface area contributed by atoms with E-state index in [4.69, 9.17) is 11.6 Å². The van der Waals surface area contributed by atoms with Crippen LogP contribution in [0.5, 0.6) is 0 Å². The molecule has 3 rings (SSSR count). The van der Waals surface area contributed by atoms with Crippen molar-refractivity contribution in [3.05, 3.63) is 64.7 Å². The molecule has 122 valence electrons. The lowest BCUT2D eigenvalue weighted by Gasteiger charge is -2.09. The molecule has 1 saturated carbocycles. The van der Waals surface area contributed by atoms with Crippen molar-refractivity contribution in [3.63, 3.8) is 0 Å². The zero-order valence-electron chi connectivity index (χ0n) is 12.8. The van der Waals surface area contributed by atoms with E-state index in [1.807, 2.05) is 0 Å². The number of hydrazone groups is 1. The minimum Gasteiger partial charge on any atom is -0.325 e. The highest BCUT2D eigenvalue weighted by atomic mass is 35.5. The number of carbonyl (C=O) groups is 2. The molecular formula is C18H16ClN3O2. The second-order valence-corrected chi connectivity index (χ2v) is 6.00. The van der Waals surface area contributed by atoms with Crippen molar-refractivity contribution in [1.29, 1.82) is 0 Å². The average Bonchev–Trinajstić information content (AvgIpc) is 3.42. The van der Waals surface area contributed by atoms with Crippen LogP contribution in [0, 0.1) is 5.92 Å². The Morgan fingerprint density at radius 1 is 1.08 bits per heavy atom. The number of carbonyl (C=O) groups excluding carboxylic acids is 2. The number of rotatable bonds is 5. The summed E-state index contributed by atoms with van der Waals surface area (Å²) in [5, 5.41) is 7.37. The summed E-state index contributed by atoms with van der Waals surface area (Å²) in [7, 11) is 0. The highest BCUT2D eigenvalue weighted by Crippen LogP contribution is 2.30. The van der Waals surface area contributed by atoms with Gasteiger partial charge in [-0.15, -0.1) is 0 Å². The van der Waals surface area contributed by atoms with Crippen LogP contribution in [0.25, 0.3) is 0 Å². The van der Waals surface area contributed by atoms with Crippen LogP contribution in [0.1, 0.15) is 28.8 Å². The number of para-hydroxylation sites is 1. The summed E-state index contributed by atoms with van der Waals surface area (Å²) in [4.78, 5) is 24.2. The number of amides is 2.